The van der Waals surface area contributed by atoms with Crippen LogP contribution in [0.2, 0.25) is 5.02 Å². The number of hydrogen-bond donors (Lipinski definition) is 1. The van der Waals surface area contributed by atoms with Crippen molar-refractivity contribution in [2.45, 2.75) is 26.7 Å². The van der Waals surface area contributed by atoms with E-state index in [1.54, 1.807) is 29.3 Å². The van der Waals surface area contributed by atoms with Gasteiger partial charge >= 0.3 is 0 Å². The summed E-state index contributed by atoms with van der Waals surface area (Å²) in [6, 6.07) is 14.6. The molecule has 8 heteroatoms. The van der Waals surface area contributed by atoms with Crippen molar-refractivity contribution >= 4 is 29.1 Å². The van der Waals surface area contributed by atoms with Crippen LogP contribution in [0.5, 0.6) is 5.75 Å². The lowest BCUT2D eigenvalue weighted by Gasteiger charge is -2.19. The molecule has 0 bridgehead atoms. The standard InChI is InChI=1S/C24H26ClN3O4/c1-3-28(4-2)24(30)16-31-20-11-10-18(14-19(20)25)27-22(29)12-13-23-26-15-21(32-23)17-8-6-5-7-9-17/h5-11,14-15H,3-4,12-13,16H2,1-2H3,(H,27,29). The number of ether oxygens (including phenoxy) is 1. The number of oxazole rings is 1. The number of aromatic nitrogens is 1. The number of hydrogen-bond acceptors (Lipinski definition) is 5. The molecule has 3 aromatic rings. The Morgan fingerprint density at radius 1 is 1.12 bits per heavy atom. The molecule has 1 N–H and O–H groups in total. The summed E-state index contributed by atoms with van der Waals surface area (Å²) in [5, 5.41) is 3.11. The van der Waals surface area contributed by atoms with Gasteiger partial charge in [0.1, 0.15) is 5.75 Å². The average molecular weight is 456 g/mol. The van der Waals surface area contributed by atoms with Crippen molar-refractivity contribution in [2.24, 2.45) is 0 Å². The molecule has 1 heterocycles. The van der Waals surface area contributed by atoms with Crippen LogP contribution in [-0.4, -0.2) is 41.4 Å². The van der Waals surface area contributed by atoms with Crippen LogP contribution < -0.4 is 10.1 Å². The number of anilines is 1. The highest BCUT2D eigenvalue weighted by atomic mass is 35.5. The number of aryl methyl sites for hydroxylation is 1. The molecule has 0 atom stereocenters. The summed E-state index contributed by atoms with van der Waals surface area (Å²) in [4.78, 5) is 30.3. The molecule has 1 aromatic heterocycles. The Morgan fingerprint density at radius 2 is 1.88 bits per heavy atom. The van der Waals surface area contributed by atoms with Crippen molar-refractivity contribution < 1.29 is 18.7 Å². The van der Waals surface area contributed by atoms with Crippen LogP contribution in [-0.2, 0) is 16.0 Å². The molecule has 0 saturated heterocycles. The fraction of sp³-hybridized carbons (Fsp3) is 0.292. The summed E-state index contributed by atoms with van der Waals surface area (Å²) in [7, 11) is 0. The van der Waals surface area contributed by atoms with Crippen LogP contribution in [0.4, 0.5) is 5.69 Å². The van der Waals surface area contributed by atoms with E-state index in [9.17, 15) is 9.59 Å². The maximum absolute atomic E-state index is 12.3. The molecule has 0 unspecified atom stereocenters. The van der Waals surface area contributed by atoms with Gasteiger partial charge in [0, 0.05) is 37.2 Å². The van der Waals surface area contributed by atoms with Gasteiger partial charge in [0.15, 0.2) is 18.3 Å². The second-order valence-corrected chi connectivity index (χ2v) is 7.44. The molecule has 0 aliphatic heterocycles. The molecule has 2 amide bonds. The zero-order valence-corrected chi connectivity index (χ0v) is 18.9. The summed E-state index contributed by atoms with van der Waals surface area (Å²) in [6.07, 6.45) is 2.25. The largest absolute Gasteiger partial charge is 0.482 e. The van der Waals surface area contributed by atoms with Crippen molar-refractivity contribution in [2.75, 3.05) is 25.0 Å². The first kappa shape index (κ1) is 23.3. The Balaban J connectivity index is 1.49. The highest BCUT2D eigenvalue weighted by molar-refractivity contribution is 6.32. The third kappa shape index (κ3) is 6.34. The van der Waals surface area contributed by atoms with Crippen molar-refractivity contribution in [3.63, 3.8) is 0 Å². The van der Waals surface area contributed by atoms with Gasteiger partial charge in [-0.15, -0.1) is 0 Å². The monoisotopic (exact) mass is 455 g/mol. The normalized spacial score (nSPS) is 10.6. The number of benzene rings is 2. The van der Waals surface area contributed by atoms with Gasteiger partial charge < -0.3 is 19.4 Å². The van der Waals surface area contributed by atoms with Crippen molar-refractivity contribution in [1.29, 1.82) is 0 Å². The third-order valence-corrected chi connectivity index (χ3v) is 5.16. The zero-order chi connectivity index (χ0) is 22.9. The third-order valence-electron chi connectivity index (χ3n) is 4.86. The van der Waals surface area contributed by atoms with E-state index in [-0.39, 0.29) is 24.8 Å². The van der Waals surface area contributed by atoms with Crippen LogP contribution in [0.15, 0.2) is 59.1 Å². The fourth-order valence-corrected chi connectivity index (χ4v) is 3.34. The van der Waals surface area contributed by atoms with Crippen molar-refractivity contribution in [3.05, 3.63) is 65.6 Å². The predicted octanol–water partition coefficient (Wildman–Crippen LogP) is 4.81. The quantitative estimate of drug-likeness (QED) is 0.474. The molecule has 0 spiro atoms. The van der Waals surface area contributed by atoms with E-state index in [1.165, 1.54) is 0 Å². The first-order valence-electron chi connectivity index (χ1n) is 10.5. The minimum Gasteiger partial charge on any atom is -0.482 e. The minimum atomic E-state index is -0.189. The van der Waals surface area contributed by atoms with Gasteiger partial charge in [-0.3, -0.25) is 9.59 Å². The van der Waals surface area contributed by atoms with Gasteiger partial charge in [-0.05, 0) is 32.0 Å². The number of likely N-dealkylation sites (N-methyl/N-ethyl adjacent to an activating group) is 1. The summed E-state index contributed by atoms with van der Waals surface area (Å²) in [6.45, 7) is 4.98. The van der Waals surface area contributed by atoms with Gasteiger partial charge in [0.05, 0.1) is 11.2 Å². The average Bonchev–Trinajstić information content (AvgIpc) is 3.28. The molecular formula is C24H26ClN3O4. The van der Waals surface area contributed by atoms with E-state index >= 15 is 0 Å². The van der Waals surface area contributed by atoms with E-state index in [2.05, 4.69) is 10.3 Å². The summed E-state index contributed by atoms with van der Waals surface area (Å²) in [5.41, 5.74) is 1.48. The highest BCUT2D eigenvalue weighted by Crippen LogP contribution is 2.28. The predicted molar refractivity (Wildman–Crippen MR) is 124 cm³/mol. The molecule has 168 valence electrons. The van der Waals surface area contributed by atoms with Gasteiger partial charge in [-0.25, -0.2) is 4.98 Å². The molecule has 3 rings (SSSR count). The Kier molecular flexibility index (Phi) is 8.27. The number of nitrogens with one attached hydrogen (secondary N) is 1. The molecule has 0 aliphatic rings. The number of halogens is 1. The van der Waals surface area contributed by atoms with Gasteiger partial charge in [-0.1, -0.05) is 41.9 Å². The van der Waals surface area contributed by atoms with Gasteiger partial charge in [0.2, 0.25) is 5.91 Å². The molecule has 7 nitrogen and oxygen atoms in total. The van der Waals surface area contributed by atoms with Gasteiger partial charge in [-0.2, -0.15) is 0 Å². The number of amides is 2. The van der Waals surface area contributed by atoms with Crippen molar-refractivity contribution in [3.8, 4) is 17.1 Å². The SMILES string of the molecule is CCN(CC)C(=O)COc1ccc(NC(=O)CCc2ncc(-c3ccccc3)o2)cc1Cl. The molecule has 0 radical (unpaired) electrons. The summed E-state index contributed by atoms with van der Waals surface area (Å²) in [5.74, 6) is 1.26. The fourth-order valence-electron chi connectivity index (χ4n) is 3.11. The smallest absolute Gasteiger partial charge is 0.260 e. The van der Waals surface area contributed by atoms with Crippen LogP contribution in [0.1, 0.15) is 26.2 Å². The van der Waals surface area contributed by atoms with Gasteiger partial charge in [0.25, 0.3) is 5.91 Å². The second-order valence-electron chi connectivity index (χ2n) is 7.03. The maximum atomic E-state index is 12.3. The Morgan fingerprint density at radius 3 is 2.56 bits per heavy atom. The van der Waals surface area contributed by atoms with Crippen molar-refractivity contribution in [1.82, 2.24) is 9.88 Å². The zero-order valence-electron chi connectivity index (χ0n) is 18.1. The van der Waals surface area contributed by atoms with E-state index in [0.717, 1.165) is 5.56 Å². The second kappa shape index (κ2) is 11.3. The van der Waals surface area contributed by atoms with Crippen LogP contribution in [0.25, 0.3) is 11.3 Å². The lowest BCUT2D eigenvalue weighted by molar-refractivity contribution is -0.133. The van der Waals surface area contributed by atoms with E-state index in [4.69, 9.17) is 20.8 Å². The molecule has 0 aliphatic carbocycles. The number of carbonyl (C=O) groups is 2. The number of carbonyl (C=O) groups excluding carboxylic acids is 2. The molecule has 32 heavy (non-hydrogen) atoms. The topological polar surface area (TPSA) is 84.7 Å². The Labute approximate surface area is 192 Å². The number of rotatable bonds is 10. The molecule has 2 aromatic carbocycles. The molecule has 0 fully saturated rings. The summed E-state index contributed by atoms with van der Waals surface area (Å²) >= 11 is 6.25. The first-order chi connectivity index (χ1) is 15.5. The summed E-state index contributed by atoms with van der Waals surface area (Å²) < 4.78 is 11.3. The Bertz CT molecular complexity index is 1050. The number of nitrogens with zero attached hydrogens (tertiary/aromatic N) is 2. The van der Waals surface area contributed by atoms with E-state index in [1.807, 2.05) is 44.2 Å². The van der Waals surface area contributed by atoms with Crippen LogP contribution in [0, 0.1) is 0 Å². The van der Waals surface area contributed by atoms with Crippen LogP contribution in [0.3, 0.4) is 0 Å². The van der Waals surface area contributed by atoms with E-state index < -0.39 is 0 Å². The lowest BCUT2D eigenvalue weighted by Crippen LogP contribution is -2.34. The first-order valence-corrected chi connectivity index (χ1v) is 10.9. The highest BCUT2D eigenvalue weighted by Gasteiger charge is 2.13. The molecular weight excluding hydrogens is 430 g/mol. The van der Waals surface area contributed by atoms with E-state index in [0.29, 0.717) is 47.6 Å². The molecule has 0 saturated carbocycles. The minimum absolute atomic E-state index is 0.0891. The maximum Gasteiger partial charge on any atom is 0.260 e. The Hall–Kier alpha value is -3.32. The lowest BCUT2D eigenvalue weighted by atomic mass is 10.2. The van der Waals surface area contributed by atoms with Crippen LogP contribution >= 0.6 is 11.6 Å².